The maximum atomic E-state index is 13.8. The molecule has 1 N–H and O–H groups in total. The van der Waals surface area contributed by atoms with Gasteiger partial charge in [-0.15, -0.1) is 0 Å². The largest absolute Gasteiger partial charge is 0.382 e. The van der Waals surface area contributed by atoms with E-state index in [0.717, 1.165) is 12.5 Å². The summed E-state index contributed by atoms with van der Waals surface area (Å²) >= 11 is 0. The molecule has 0 fully saturated rings. The van der Waals surface area contributed by atoms with Gasteiger partial charge in [0.25, 0.3) is 5.92 Å². The van der Waals surface area contributed by atoms with Crippen LogP contribution in [0.2, 0.25) is 0 Å². The molecule has 0 amide bonds. The Morgan fingerprint density at radius 2 is 2.00 bits per heavy atom. The van der Waals surface area contributed by atoms with Crippen molar-refractivity contribution in [2.75, 3.05) is 0 Å². The molecule has 0 bridgehead atoms. The third-order valence-corrected chi connectivity index (χ3v) is 5.28. The molecule has 0 saturated carbocycles. The summed E-state index contributed by atoms with van der Waals surface area (Å²) in [5.41, 5.74) is -0.118. The molecule has 0 saturated heterocycles. The lowest BCUT2D eigenvalue weighted by Crippen LogP contribution is -2.23. The first-order chi connectivity index (χ1) is 10.1. The number of aliphatic hydroxyl groups is 1. The van der Waals surface area contributed by atoms with Crippen molar-refractivity contribution in [2.24, 2.45) is 0 Å². The van der Waals surface area contributed by atoms with Gasteiger partial charge < -0.3 is 5.11 Å². The summed E-state index contributed by atoms with van der Waals surface area (Å²) in [5.74, 6) is -7.28. The Morgan fingerprint density at radius 3 is 2.55 bits per heavy atom. The Morgan fingerprint density at radius 1 is 1.36 bits per heavy atom. The van der Waals surface area contributed by atoms with Crippen LogP contribution in [0.25, 0.3) is 0 Å². The molecule has 1 aromatic carbocycles. The van der Waals surface area contributed by atoms with Crippen molar-refractivity contribution in [3.8, 4) is 0 Å². The van der Waals surface area contributed by atoms with Gasteiger partial charge in [-0.1, -0.05) is 19.4 Å². The fraction of sp³-hybridized carbons (Fsp3) is 0.571. The quantitative estimate of drug-likeness (QED) is 0.837. The maximum Gasteiger partial charge on any atom is 0.341 e. The van der Waals surface area contributed by atoms with Crippen LogP contribution in [-0.4, -0.2) is 25.2 Å². The SMILES string of the molecule is CCCCc1ccc(S(=O)(=O)C(F)F)c2c1CC(F)(F)[C@H]2O. The Balaban J connectivity index is 2.65. The number of rotatable bonds is 5. The van der Waals surface area contributed by atoms with Gasteiger partial charge in [-0.3, -0.25) is 0 Å². The van der Waals surface area contributed by atoms with Crippen LogP contribution in [0.1, 0.15) is 42.6 Å². The second-order valence-corrected chi connectivity index (χ2v) is 7.25. The fourth-order valence-corrected chi connectivity index (χ4v) is 3.68. The summed E-state index contributed by atoms with van der Waals surface area (Å²) in [5, 5.41) is 9.73. The molecule has 124 valence electrons. The number of hydrogen-bond donors (Lipinski definition) is 1. The molecule has 3 nitrogen and oxygen atoms in total. The number of hydrogen-bond acceptors (Lipinski definition) is 3. The molecular formula is C14H16F4O3S. The molecule has 1 aliphatic carbocycles. The minimum Gasteiger partial charge on any atom is -0.382 e. The highest BCUT2D eigenvalue weighted by Crippen LogP contribution is 2.47. The van der Waals surface area contributed by atoms with E-state index in [-0.39, 0.29) is 5.56 Å². The highest BCUT2D eigenvalue weighted by molar-refractivity contribution is 7.91. The molecular weight excluding hydrogens is 324 g/mol. The molecule has 0 aliphatic heterocycles. The first-order valence-electron chi connectivity index (χ1n) is 6.85. The average Bonchev–Trinajstić information content (AvgIpc) is 2.67. The van der Waals surface area contributed by atoms with Crippen LogP contribution in [0.5, 0.6) is 0 Å². The van der Waals surface area contributed by atoms with Crippen LogP contribution in [0.4, 0.5) is 17.6 Å². The minimum atomic E-state index is -5.05. The number of unbranched alkanes of at least 4 members (excludes halogenated alkanes) is 1. The number of aliphatic hydroxyl groups excluding tert-OH is 1. The summed E-state index contributed by atoms with van der Waals surface area (Å²) in [7, 11) is -5.05. The zero-order valence-electron chi connectivity index (χ0n) is 11.8. The first kappa shape index (κ1) is 17.2. The Bertz CT molecular complexity index is 671. The zero-order valence-corrected chi connectivity index (χ0v) is 12.6. The van der Waals surface area contributed by atoms with Crippen molar-refractivity contribution in [1.29, 1.82) is 0 Å². The number of halogens is 4. The number of sulfone groups is 1. The van der Waals surface area contributed by atoms with Crippen molar-refractivity contribution < 1.29 is 31.1 Å². The van der Waals surface area contributed by atoms with E-state index in [2.05, 4.69) is 0 Å². The third kappa shape index (κ3) is 2.74. The second kappa shape index (κ2) is 5.81. The molecule has 0 heterocycles. The number of alkyl halides is 4. The number of fused-ring (bicyclic) bond motifs is 1. The highest BCUT2D eigenvalue weighted by atomic mass is 32.2. The van der Waals surface area contributed by atoms with Crippen molar-refractivity contribution in [2.45, 2.75) is 55.3 Å². The van der Waals surface area contributed by atoms with Crippen LogP contribution in [0, 0.1) is 0 Å². The zero-order chi connectivity index (χ0) is 16.7. The molecule has 1 aromatic rings. The molecule has 1 aliphatic rings. The molecule has 22 heavy (non-hydrogen) atoms. The Hall–Kier alpha value is -1.15. The molecule has 0 spiro atoms. The van der Waals surface area contributed by atoms with Gasteiger partial charge in [-0.05, 0) is 30.0 Å². The van der Waals surface area contributed by atoms with Gasteiger partial charge in [-0.2, -0.15) is 8.78 Å². The van der Waals surface area contributed by atoms with Gasteiger partial charge in [-0.25, -0.2) is 17.2 Å². The summed E-state index contributed by atoms with van der Waals surface area (Å²) < 4.78 is 76.3. The predicted molar refractivity (Wildman–Crippen MR) is 71.9 cm³/mol. The topological polar surface area (TPSA) is 54.4 Å². The minimum absolute atomic E-state index is 0.0207. The molecule has 0 radical (unpaired) electrons. The Kier molecular flexibility index (Phi) is 4.54. The number of aryl methyl sites for hydroxylation is 1. The van der Waals surface area contributed by atoms with E-state index in [0.29, 0.717) is 18.4 Å². The summed E-state index contributed by atoms with van der Waals surface area (Å²) in [6, 6.07) is 2.19. The monoisotopic (exact) mass is 340 g/mol. The molecule has 8 heteroatoms. The highest BCUT2D eigenvalue weighted by Gasteiger charge is 2.50. The van der Waals surface area contributed by atoms with E-state index in [4.69, 9.17) is 0 Å². The van der Waals surface area contributed by atoms with E-state index in [1.807, 2.05) is 6.92 Å². The summed E-state index contributed by atoms with van der Waals surface area (Å²) in [6.07, 6.45) is -1.31. The first-order valence-corrected chi connectivity index (χ1v) is 8.40. The van der Waals surface area contributed by atoms with Crippen molar-refractivity contribution in [1.82, 2.24) is 0 Å². The van der Waals surface area contributed by atoms with Crippen LogP contribution in [0.15, 0.2) is 17.0 Å². The van der Waals surface area contributed by atoms with Crippen LogP contribution < -0.4 is 0 Å². The lowest BCUT2D eigenvalue weighted by molar-refractivity contribution is -0.0976. The molecule has 0 unspecified atom stereocenters. The molecule has 2 rings (SSSR count). The summed E-state index contributed by atoms with van der Waals surface area (Å²) in [6.45, 7) is 1.90. The van der Waals surface area contributed by atoms with Gasteiger partial charge in [0.05, 0.1) is 4.90 Å². The van der Waals surface area contributed by atoms with Crippen molar-refractivity contribution in [3.05, 3.63) is 28.8 Å². The smallest absolute Gasteiger partial charge is 0.341 e. The van der Waals surface area contributed by atoms with E-state index in [1.165, 1.54) is 6.07 Å². The standard InChI is InChI=1S/C14H16F4O3S/c1-2-3-4-8-5-6-10(22(20,21)13(15)16)11-9(8)7-14(17,18)12(11)19/h5-6,12-13,19H,2-4,7H2,1H3/t12-/m0/s1. The van der Waals surface area contributed by atoms with Crippen LogP contribution in [-0.2, 0) is 22.7 Å². The van der Waals surface area contributed by atoms with Crippen molar-refractivity contribution in [3.63, 3.8) is 0 Å². The maximum absolute atomic E-state index is 13.8. The Labute approximate surface area is 125 Å². The van der Waals surface area contributed by atoms with Gasteiger partial charge >= 0.3 is 5.76 Å². The van der Waals surface area contributed by atoms with E-state index >= 15 is 0 Å². The normalized spacial score (nSPS) is 20.4. The predicted octanol–water partition coefficient (Wildman–Crippen LogP) is 3.25. The van der Waals surface area contributed by atoms with Crippen LogP contribution in [0.3, 0.4) is 0 Å². The van der Waals surface area contributed by atoms with Gasteiger partial charge in [0.1, 0.15) is 6.10 Å². The lowest BCUT2D eigenvalue weighted by Gasteiger charge is -2.16. The number of benzene rings is 1. The second-order valence-electron chi connectivity index (χ2n) is 5.36. The molecule has 1 atom stereocenters. The lowest BCUT2D eigenvalue weighted by atomic mass is 9.98. The van der Waals surface area contributed by atoms with E-state index < -0.39 is 44.5 Å². The van der Waals surface area contributed by atoms with Crippen LogP contribution >= 0.6 is 0 Å². The van der Waals surface area contributed by atoms with Gasteiger partial charge in [0, 0.05) is 12.0 Å². The molecule has 0 aromatic heterocycles. The van der Waals surface area contributed by atoms with Gasteiger partial charge in [0.2, 0.25) is 9.84 Å². The van der Waals surface area contributed by atoms with E-state index in [9.17, 15) is 31.1 Å². The third-order valence-electron chi connectivity index (χ3n) is 3.84. The average molecular weight is 340 g/mol. The van der Waals surface area contributed by atoms with E-state index in [1.54, 1.807) is 0 Å². The van der Waals surface area contributed by atoms with Gasteiger partial charge in [0.15, 0.2) is 0 Å². The fourth-order valence-electron chi connectivity index (χ4n) is 2.69. The summed E-state index contributed by atoms with van der Waals surface area (Å²) in [4.78, 5) is -0.901. The van der Waals surface area contributed by atoms with Crippen molar-refractivity contribution >= 4 is 9.84 Å².